The van der Waals surface area contributed by atoms with Gasteiger partial charge in [0.15, 0.2) is 0 Å². The van der Waals surface area contributed by atoms with E-state index in [1.54, 1.807) is 12.1 Å². The standard InChI is InChI=1S/C14H22ClNO3/c1-10(2)13(8-17)16-7-11(18)9-19-14-6-4-3-5-12(14)15/h3-6,10-11,13,16-18H,7-9H2,1-2H3/t11?,13-/m1/s1. The van der Waals surface area contributed by atoms with Crippen molar-refractivity contribution in [1.29, 1.82) is 0 Å². The summed E-state index contributed by atoms with van der Waals surface area (Å²) < 4.78 is 5.44. The zero-order chi connectivity index (χ0) is 14.3. The maximum absolute atomic E-state index is 9.82. The van der Waals surface area contributed by atoms with Crippen LogP contribution in [0.1, 0.15) is 13.8 Å². The number of hydrogen-bond acceptors (Lipinski definition) is 4. The Morgan fingerprint density at radius 1 is 1.32 bits per heavy atom. The molecule has 1 aromatic carbocycles. The summed E-state index contributed by atoms with van der Waals surface area (Å²) in [7, 11) is 0. The summed E-state index contributed by atoms with van der Waals surface area (Å²) in [6.45, 7) is 4.61. The molecular formula is C14H22ClNO3. The Morgan fingerprint density at radius 3 is 2.58 bits per heavy atom. The van der Waals surface area contributed by atoms with Crippen molar-refractivity contribution in [2.24, 2.45) is 5.92 Å². The minimum absolute atomic E-state index is 0.0186. The van der Waals surface area contributed by atoms with Crippen molar-refractivity contribution in [3.05, 3.63) is 29.3 Å². The molecule has 1 aromatic rings. The smallest absolute Gasteiger partial charge is 0.138 e. The van der Waals surface area contributed by atoms with Gasteiger partial charge in [-0.15, -0.1) is 0 Å². The number of ether oxygens (including phenoxy) is 1. The Bertz CT molecular complexity index is 373. The van der Waals surface area contributed by atoms with Gasteiger partial charge in [-0.1, -0.05) is 37.6 Å². The van der Waals surface area contributed by atoms with Gasteiger partial charge in [0, 0.05) is 12.6 Å². The Morgan fingerprint density at radius 2 is 2.00 bits per heavy atom. The SMILES string of the molecule is CC(C)[C@@H](CO)NCC(O)COc1ccccc1Cl. The summed E-state index contributed by atoms with van der Waals surface area (Å²) in [5, 5.41) is 22.6. The molecule has 0 saturated heterocycles. The van der Waals surface area contributed by atoms with E-state index in [0.29, 0.717) is 23.2 Å². The number of halogens is 1. The summed E-state index contributed by atoms with van der Waals surface area (Å²) in [5.41, 5.74) is 0. The van der Waals surface area contributed by atoms with Crippen LogP contribution in [0.15, 0.2) is 24.3 Å². The van der Waals surface area contributed by atoms with Gasteiger partial charge >= 0.3 is 0 Å². The molecule has 1 unspecified atom stereocenters. The molecule has 108 valence electrons. The van der Waals surface area contributed by atoms with Gasteiger partial charge in [-0.25, -0.2) is 0 Å². The van der Waals surface area contributed by atoms with E-state index in [9.17, 15) is 5.11 Å². The Kier molecular flexibility index (Phi) is 7.16. The van der Waals surface area contributed by atoms with Crippen LogP contribution in [0.25, 0.3) is 0 Å². The zero-order valence-corrected chi connectivity index (χ0v) is 12.1. The first-order valence-electron chi connectivity index (χ1n) is 6.44. The fourth-order valence-corrected chi connectivity index (χ4v) is 1.80. The molecule has 0 bridgehead atoms. The number of nitrogens with one attached hydrogen (secondary N) is 1. The van der Waals surface area contributed by atoms with Crippen LogP contribution in [0, 0.1) is 5.92 Å². The van der Waals surface area contributed by atoms with Crippen molar-refractivity contribution in [3.63, 3.8) is 0 Å². The first kappa shape index (κ1) is 16.2. The molecule has 4 nitrogen and oxygen atoms in total. The summed E-state index contributed by atoms with van der Waals surface area (Å²) in [6, 6.07) is 7.12. The largest absolute Gasteiger partial charge is 0.489 e. The molecule has 0 aromatic heterocycles. The van der Waals surface area contributed by atoms with E-state index in [1.165, 1.54) is 0 Å². The third-order valence-electron chi connectivity index (χ3n) is 2.88. The highest BCUT2D eigenvalue weighted by Gasteiger charge is 2.14. The van der Waals surface area contributed by atoms with Gasteiger partial charge in [0.25, 0.3) is 0 Å². The second-order valence-electron chi connectivity index (χ2n) is 4.84. The normalized spacial score (nSPS) is 14.4. The van der Waals surface area contributed by atoms with E-state index < -0.39 is 6.10 Å². The van der Waals surface area contributed by atoms with Gasteiger partial charge in [-0.2, -0.15) is 0 Å². The number of aliphatic hydroxyl groups excluding tert-OH is 2. The van der Waals surface area contributed by atoms with Crippen molar-refractivity contribution in [1.82, 2.24) is 5.32 Å². The predicted molar refractivity (Wildman–Crippen MR) is 76.7 cm³/mol. The average molecular weight is 288 g/mol. The molecule has 0 heterocycles. The number of para-hydroxylation sites is 1. The number of rotatable bonds is 8. The minimum Gasteiger partial charge on any atom is -0.489 e. The first-order valence-corrected chi connectivity index (χ1v) is 6.82. The van der Waals surface area contributed by atoms with Crippen molar-refractivity contribution in [2.45, 2.75) is 26.0 Å². The highest BCUT2D eigenvalue weighted by Crippen LogP contribution is 2.23. The second-order valence-corrected chi connectivity index (χ2v) is 5.24. The molecule has 0 fully saturated rings. The highest BCUT2D eigenvalue weighted by molar-refractivity contribution is 6.32. The Balaban J connectivity index is 2.32. The monoisotopic (exact) mass is 287 g/mol. The molecule has 0 radical (unpaired) electrons. The van der Waals surface area contributed by atoms with Crippen LogP contribution < -0.4 is 10.1 Å². The lowest BCUT2D eigenvalue weighted by atomic mass is 10.1. The molecule has 3 N–H and O–H groups in total. The van der Waals surface area contributed by atoms with Gasteiger partial charge in [-0.05, 0) is 18.1 Å². The van der Waals surface area contributed by atoms with Gasteiger partial charge in [-0.3, -0.25) is 0 Å². The van der Waals surface area contributed by atoms with Crippen molar-refractivity contribution in [2.75, 3.05) is 19.8 Å². The van der Waals surface area contributed by atoms with E-state index in [-0.39, 0.29) is 19.3 Å². The molecular weight excluding hydrogens is 266 g/mol. The Labute approximate surface area is 119 Å². The fourth-order valence-electron chi connectivity index (χ4n) is 1.61. The van der Waals surface area contributed by atoms with Crippen LogP contribution >= 0.6 is 11.6 Å². The molecule has 0 saturated carbocycles. The molecule has 0 aliphatic carbocycles. The van der Waals surface area contributed by atoms with E-state index in [4.69, 9.17) is 21.4 Å². The topological polar surface area (TPSA) is 61.7 Å². The van der Waals surface area contributed by atoms with Crippen LogP contribution in [0.3, 0.4) is 0 Å². The number of hydrogen-bond donors (Lipinski definition) is 3. The molecule has 0 spiro atoms. The quantitative estimate of drug-likeness (QED) is 0.681. The predicted octanol–water partition coefficient (Wildman–Crippen LogP) is 1.69. The van der Waals surface area contributed by atoms with E-state index >= 15 is 0 Å². The molecule has 0 aliphatic heterocycles. The van der Waals surface area contributed by atoms with Crippen molar-refractivity contribution in [3.8, 4) is 5.75 Å². The fraction of sp³-hybridized carbons (Fsp3) is 0.571. The first-order chi connectivity index (χ1) is 9.04. The minimum atomic E-state index is -0.649. The van der Waals surface area contributed by atoms with E-state index in [2.05, 4.69) is 5.32 Å². The second kappa shape index (κ2) is 8.38. The van der Waals surface area contributed by atoms with Crippen LogP contribution in [0.5, 0.6) is 5.75 Å². The van der Waals surface area contributed by atoms with Gasteiger partial charge in [0.05, 0.1) is 11.6 Å². The van der Waals surface area contributed by atoms with Gasteiger partial charge in [0.1, 0.15) is 18.5 Å². The highest BCUT2D eigenvalue weighted by atomic mass is 35.5. The number of aliphatic hydroxyl groups is 2. The van der Waals surface area contributed by atoms with E-state index in [1.807, 2.05) is 26.0 Å². The summed E-state index contributed by atoms with van der Waals surface area (Å²) >= 11 is 5.94. The molecule has 5 heteroatoms. The molecule has 1 rings (SSSR count). The maximum Gasteiger partial charge on any atom is 0.138 e. The maximum atomic E-state index is 9.82. The average Bonchev–Trinajstić information content (AvgIpc) is 2.38. The summed E-state index contributed by atoms with van der Waals surface area (Å²) in [4.78, 5) is 0. The van der Waals surface area contributed by atoms with Crippen LogP contribution in [-0.2, 0) is 0 Å². The van der Waals surface area contributed by atoms with Gasteiger partial charge < -0.3 is 20.3 Å². The van der Waals surface area contributed by atoms with E-state index in [0.717, 1.165) is 0 Å². The van der Waals surface area contributed by atoms with Crippen LogP contribution in [0.4, 0.5) is 0 Å². The molecule has 0 aliphatic rings. The summed E-state index contributed by atoms with van der Waals surface area (Å²) in [5.74, 6) is 0.868. The van der Waals surface area contributed by atoms with Crippen molar-refractivity contribution < 1.29 is 14.9 Å². The van der Waals surface area contributed by atoms with Crippen LogP contribution in [0.2, 0.25) is 5.02 Å². The van der Waals surface area contributed by atoms with Crippen LogP contribution in [-0.4, -0.2) is 42.1 Å². The third kappa shape index (κ3) is 5.78. The lowest BCUT2D eigenvalue weighted by Crippen LogP contribution is -2.42. The number of benzene rings is 1. The Hall–Kier alpha value is -0.810. The van der Waals surface area contributed by atoms with Gasteiger partial charge in [0.2, 0.25) is 0 Å². The lowest BCUT2D eigenvalue weighted by molar-refractivity contribution is 0.0962. The molecule has 19 heavy (non-hydrogen) atoms. The molecule has 0 amide bonds. The molecule has 2 atom stereocenters. The third-order valence-corrected chi connectivity index (χ3v) is 3.20. The van der Waals surface area contributed by atoms with Crippen molar-refractivity contribution >= 4 is 11.6 Å². The zero-order valence-electron chi connectivity index (χ0n) is 11.3. The lowest BCUT2D eigenvalue weighted by Gasteiger charge is -2.22. The summed E-state index contributed by atoms with van der Waals surface area (Å²) in [6.07, 6.45) is -0.649.